The maximum absolute atomic E-state index is 11.7. The van der Waals surface area contributed by atoms with E-state index in [9.17, 15) is 4.79 Å². The second-order valence-electron chi connectivity index (χ2n) is 4.63. The van der Waals surface area contributed by atoms with E-state index < -0.39 is 0 Å². The van der Waals surface area contributed by atoms with Gasteiger partial charge in [-0.1, -0.05) is 37.6 Å². The molecule has 1 N–H and O–H groups in total. The van der Waals surface area contributed by atoms with Crippen LogP contribution in [0.5, 0.6) is 0 Å². The van der Waals surface area contributed by atoms with Gasteiger partial charge < -0.3 is 4.98 Å². The maximum atomic E-state index is 11.7. The zero-order valence-electron chi connectivity index (χ0n) is 11.2. The van der Waals surface area contributed by atoms with Crippen molar-refractivity contribution in [2.45, 2.75) is 26.7 Å². The third kappa shape index (κ3) is 2.74. The van der Waals surface area contributed by atoms with Crippen molar-refractivity contribution < 1.29 is 0 Å². The molecule has 19 heavy (non-hydrogen) atoms. The number of aromatic nitrogens is 1. The molecule has 0 aliphatic rings. The lowest BCUT2D eigenvalue weighted by Gasteiger charge is -2.07. The summed E-state index contributed by atoms with van der Waals surface area (Å²) in [5, 5.41) is 8.83. The molecule has 0 fully saturated rings. The molecule has 0 saturated carbocycles. The summed E-state index contributed by atoms with van der Waals surface area (Å²) < 4.78 is 0. The number of hydrogen-bond donors (Lipinski definition) is 1. The number of H-pyrrole nitrogens is 1. The van der Waals surface area contributed by atoms with Crippen molar-refractivity contribution in [1.29, 1.82) is 5.26 Å². The van der Waals surface area contributed by atoms with Crippen molar-refractivity contribution in [3.63, 3.8) is 0 Å². The Morgan fingerprint density at radius 1 is 1.26 bits per heavy atom. The van der Waals surface area contributed by atoms with Gasteiger partial charge in [0.2, 0.25) is 0 Å². The van der Waals surface area contributed by atoms with Crippen molar-refractivity contribution >= 4 is 0 Å². The van der Waals surface area contributed by atoms with Crippen molar-refractivity contribution in [2.75, 3.05) is 0 Å². The van der Waals surface area contributed by atoms with E-state index in [0.29, 0.717) is 0 Å². The number of benzene rings is 1. The van der Waals surface area contributed by atoms with Gasteiger partial charge >= 0.3 is 0 Å². The zero-order valence-corrected chi connectivity index (χ0v) is 11.2. The van der Waals surface area contributed by atoms with E-state index in [-0.39, 0.29) is 11.1 Å². The summed E-state index contributed by atoms with van der Waals surface area (Å²) in [6.07, 6.45) is 2.18. The van der Waals surface area contributed by atoms with E-state index in [4.69, 9.17) is 5.26 Å². The summed E-state index contributed by atoms with van der Waals surface area (Å²) >= 11 is 0. The Hall–Kier alpha value is -2.34. The van der Waals surface area contributed by atoms with E-state index in [0.717, 1.165) is 29.7 Å². The molecule has 0 amide bonds. The van der Waals surface area contributed by atoms with Crippen LogP contribution in [0.2, 0.25) is 0 Å². The van der Waals surface area contributed by atoms with Gasteiger partial charge in [0.05, 0.1) is 5.69 Å². The van der Waals surface area contributed by atoms with Crippen LogP contribution in [0.4, 0.5) is 0 Å². The van der Waals surface area contributed by atoms with Crippen molar-refractivity contribution in [2.24, 2.45) is 0 Å². The molecule has 0 saturated heterocycles. The summed E-state index contributed by atoms with van der Waals surface area (Å²) in [6, 6.07) is 11.7. The van der Waals surface area contributed by atoms with Crippen molar-refractivity contribution in [3.05, 3.63) is 57.4 Å². The molecule has 0 spiro atoms. The molecule has 0 aliphatic heterocycles. The van der Waals surface area contributed by atoms with Gasteiger partial charge in [0.1, 0.15) is 11.6 Å². The van der Waals surface area contributed by atoms with Gasteiger partial charge in [0.25, 0.3) is 5.56 Å². The van der Waals surface area contributed by atoms with Crippen LogP contribution in [0, 0.1) is 18.3 Å². The number of nitriles is 1. The molecule has 0 unspecified atom stereocenters. The summed E-state index contributed by atoms with van der Waals surface area (Å²) in [7, 11) is 0. The Bertz CT molecular complexity index is 675. The monoisotopic (exact) mass is 252 g/mol. The van der Waals surface area contributed by atoms with Gasteiger partial charge in [0, 0.05) is 0 Å². The summed E-state index contributed by atoms with van der Waals surface area (Å²) in [5.41, 5.74) is 3.77. The van der Waals surface area contributed by atoms with Crippen LogP contribution >= 0.6 is 0 Å². The number of nitrogens with one attached hydrogen (secondary N) is 1. The van der Waals surface area contributed by atoms with E-state index in [1.807, 2.05) is 25.1 Å². The van der Waals surface area contributed by atoms with Gasteiger partial charge in [0.15, 0.2) is 0 Å². The molecule has 3 nitrogen and oxygen atoms in total. The molecule has 1 aromatic heterocycles. The van der Waals surface area contributed by atoms with E-state index >= 15 is 0 Å². The number of rotatable bonds is 3. The van der Waals surface area contributed by atoms with Gasteiger partial charge in [-0.15, -0.1) is 0 Å². The Morgan fingerprint density at radius 2 is 1.95 bits per heavy atom. The van der Waals surface area contributed by atoms with E-state index in [1.165, 1.54) is 5.56 Å². The molecule has 0 bridgehead atoms. The predicted molar refractivity (Wildman–Crippen MR) is 75.9 cm³/mol. The minimum atomic E-state index is -0.333. The molecular formula is C16H16N2O. The highest BCUT2D eigenvalue weighted by atomic mass is 16.1. The first-order valence-corrected chi connectivity index (χ1v) is 6.39. The van der Waals surface area contributed by atoms with E-state index in [2.05, 4.69) is 24.0 Å². The zero-order chi connectivity index (χ0) is 13.8. The summed E-state index contributed by atoms with van der Waals surface area (Å²) in [4.78, 5) is 14.5. The normalized spacial score (nSPS) is 10.2. The average molecular weight is 252 g/mol. The summed E-state index contributed by atoms with van der Waals surface area (Å²) in [5.74, 6) is 0. The third-order valence-electron chi connectivity index (χ3n) is 3.14. The second-order valence-corrected chi connectivity index (χ2v) is 4.63. The first-order valence-electron chi connectivity index (χ1n) is 6.39. The number of aryl methyl sites for hydroxylation is 2. The van der Waals surface area contributed by atoms with Gasteiger partial charge in [-0.2, -0.15) is 5.26 Å². The molecule has 2 rings (SSSR count). The van der Waals surface area contributed by atoms with Crippen LogP contribution in [-0.4, -0.2) is 4.98 Å². The molecule has 2 aromatic rings. The fourth-order valence-corrected chi connectivity index (χ4v) is 2.14. The minimum absolute atomic E-state index is 0.156. The maximum Gasteiger partial charge on any atom is 0.266 e. The van der Waals surface area contributed by atoms with Crippen molar-refractivity contribution in [3.8, 4) is 17.3 Å². The predicted octanol–water partition coefficient (Wildman–Crippen LogP) is 3.17. The number of nitrogens with zero attached hydrogens (tertiary/aromatic N) is 1. The van der Waals surface area contributed by atoms with Gasteiger partial charge in [-0.3, -0.25) is 4.79 Å². The average Bonchev–Trinajstić information content (AvgIpc) is 2.42. The fraction of sp³-hybridized carbons (Fsp3) is 0.250. The van der Waals surface area contributed by atoms with Crippen LogP contribution in [0.3, 0.4) is 0 Å². The Balaban J connectivity index is 2.45. The fourth-order valence-electron chi connectivity index (χ4n) is 2.14. The summed E-state index contributed by atoms with van der Waals surface area (Å²) in [6.45, 7) is 4.04. The first kappa shape index (κ1) is 13.1. The first-order chi connectivity index (χ1) is 9.15. The standard InChI is InChI=1S/C16H16N2O/c1-3-4-12-5-7-13(8-6-12)15-11(2)9-14(10-17)16(19)18-15/h5-9H,3-4H2,1-2H3,(H,18,19). The van der Waals surface area contributed by atoms with Crippen LogP contribution in [-0.2, 0) is 6.42 Å². The van der Waals surface area contributed by atoms with Crippen LogP contribution in [0.15, 0.2) is 35.1 Å². The second kappa shape index (κ2) is 5.53. The van der Waals surface area contributed by atoms with Crippen molar-refractivity contribution in [1.82, 2.24) is 4.98 Å². The molecule has 1 aromatic carbocycles. The molecule has 0 atom stereocenters. The quantitative estimate of drug-likeness (QED) is 0.912. The molecule has 1 heterocycles. The lowest BCUT2D eigenvalue weighted by atomic mass is 10.0. The van der Waals surface area contributed by atoms with Crippen LogP contribution < -0.4 is 5.56 Å². The Morgan fingerprint density at radius 3 is 2.53 bits per heavy atom. The number of hydrogen-bond acceptors (Lipinski definition) is 2. The van der Waals surface area contributed by atoms with Gasteiger partial charge in [-0.25, -0.2) is 0 Å². The van der Waals surface area contributed by atoms with Gasteiger partial charge in [-0.05, 0) is 36.1 Å². The topological polar surface area (TPSA) is 56.6 Å². The minimum Gasteiger partial charge on any atom is -0.321 e. The number of pyridine rings is 1. The molecule has 96 valence electrons. The lowest BCUT2D eigenvalue weighted by molar-refractivity contribution is 0.922. The molecule has 0 aliphatic carbocycles. The highest BCUT2D eigenvalue weighted by Crippen LogP contribution is 2.21. The highest BCUT2D eigenvalue weighted by molar-refractivity contribution is 5.63. The smallest absolute Gasteiger partial charge is 0.266 e. The van der Waals surface area contributed by atoms with Crippen LogP contribution in [0.1, 0.15) is 30.0 Å². The third-order valence-corrected chi connectivity index (χ3v) is 3.14. The molecule has 0 radical (unpaired) electrons. The SMILES string of the molecule is CCCc1ccc(-c2[nH]c(=O)c(C#N)cc2C)cc1. The molecule has 3 heteroatoms. The van der Waals surface area contributed by atoms with Crippen LogP contribution in [0.25, 0.3) is 11.3 Å². The Kier molecular flexibility index (Phi) is 3.82. The lowest BCUT2D eigenvalue weighted by Crippen LogP contribution is -2.11. The number of aromatic amines is 1. The van der Waals surface area contributed by atoms with E-state index in [1.54, 1.807) is 6.07 Å². The Labute approximate surface area is 112 Å². The largest absolute Gasteiger partial charge is 0.321 e. The highest BCUT2D eigenvalue weighted by Gasteiger charge is 2.07. The molecular weight excluding hydrogens is 236 g/mol.